The molecular weight excluding hydrogens is 358 g/mol. The molecule has 3 aliphatic rings. The van der Waals surface area contributed by atoms with Gasteiger partial charge >= 0.3 is 0 Å². The Labute approximate surface area is 151 Å². The van der Waals surface area contributed by atoms with E-state index >= 15 is 0 Å². The number of carbonyl (C=O) groups excluding carboxylic acids is 1. The van der Waals surface area contributed by atoms with Gasteiger partial charge in [0.2, 0.25) is 10.0 Å². The standard InChI is InChI=1S/C17H19N3O3S2/c1-25(22,23)20-8-6-19(7-9-20)12-2-4-14-16(10-12)24-17-11-13(21)3-5-15(17)18-14/h2-5,10,18H,6-9,11H2,1H3. The van der Waals surface area contributed by atoms with Crippen LogP contribution in [0.4, 0.5) is 11.4 Å². The Kier molecular flexibility index (Phi) is 4.13. The van der Waals surface area contributed by atoms with Crippen molar-refractivity contribution in [3.63, 3.8) is 0 Å². The van der Waals surface area contributed by atoms with E-state index in [1.54, 1.807) is 17.8 Å². The summed E-state index contributed by atoms with van der Waals surface area (Å²) in [5.41, 5.74) is 3.14. The number of fused-ring (bicyclic) bond motifs is 1. The summed E-state index contributed by atoms with van der Waals surface area (Å²) in [5.74, 6) is 0.129. The first-order chi connectivity index (χ1) is 11.9. The van der Waals surface area contributed by atoms with E-state index in [2.05, 4.69) is 28.4 Å². The Bertz CT molecular complexity index is 898. The molecule has 0 radical (unpaired) electrons. The minimum atomic E-state index is -3.12. The molecule has 132 valence electrons. The van der Waals surface area contributed by atoms with E-state index in [1.165, 1.54) is 10.6 Å². The third-order valence-electron chi connectivity index (χ3n) is 4.61. The van der Waals surface area contributed by atoms with Crippen LogP contribution in [0.25, 0.3) is 0 Å². The van der Waals surface area contributed by atoms with Gasteiger partial charge in [-0.05, 0) is 30.4 Å². The fourth-order valence-electron chi connectivity index (χ4n) is 3.24. The molecule has 0 spiro atoms. The zero-order chi connectivity index (χ0) is 17.6. The van der Waals surface area contributed by atoms with Crippen LogP contribution in [-0.2, 0) is 14.8 Å². The van der Waals surface area contributed by atoms with Crippen molar-refractivity contribution in [2.45, 2.75) is 11.3 Å². The van der Waals surface area contributed by atoms with Crippen LogP contribution in [0.15, 0.2) is 45.8 Å². The van der Waals surface area contributed by atoms with Gasteiger partial charge in [0, 0.05) is 53.8 Å². The molecule has 6 nitrogen and oxygen atoms in total. The maximum absolute atomic E-state index is 11.6. The number of thioether (sulfide) groups is 1. The van der Waals surface area contributed by atoms with Crippen LogP contribution in [-0.4, -0.2) is 50.9 Å². The van der Waals surface area contributed by atoms with E-state index in [4.69, 9.17) is 0 Å². The number of hydrogen-bond donors (Lipinski definition) is 1. The number of carbonyl (C=O) groups is 1. The summed E-state index contributed by atoms with van der Waals surface area (Å²) in [5, 5.41) is 3.39. The Balaban J connectivity index is 1.52. The second kappa shape index (κ2) is 6.19. The smallest absolute Gasteiger partial charge is 0.211 e. The molecule has 2 aliphatic heterocycles. The highest BCUT2D eigenvalue weighted by molar-refractivity contribution is 8.03. The number of benzene rings is 1. The fourth-order valence-corrected chi connectivity index (χ4v) is 5.18. The number of sulfonamides is 1. The number of allylic oxidation sites excluding steroid dienone is 3. The zero-order valence-electron chi connectivity index (χ0n) is 13.9. The van der Waals surface area contributed by atoms with E-state index in [-0.39, 0.29) is 5.78 Å². The quantitative estimate of drug-likeness (QED) is 0.850. The highest BCUT2D eigenvalue weighted by Crippen LogP contribution is 2.44. The fraction of sp³-hybridized carbons (Fsp3) is 0.353. The van der Waals surface area contributed by atoms with Gasteiger partial charge in [-0.1, -0.05) is 11.8 Å². The minimum absolute atomic E-state index is 0.129. The summed E-state index contributed by atoms with van der Waals surface area (Å²) in [6, 6.07) is 6.23. The normalized spacial score (nSPS) is 21.0. The monoisotopic (exact) mass is 377 g/mol. The molecule has 1 saturated heterocycles. The molecule has 0 saturated carbocycles. The maximum atomic E-state index is 11.6. The first-order valence-corrected chi connectivity index (χ1v) is 10.8. The van der Waals surface area contributed by atoms with Crippen molar-refractivity contribution in [1.82, 2.24) is 4.31 Å². The lowest BCUT2D eigenvalue weighted by molar-refractivity contribution is -0.114. The van der Waals surface area contributed by atoms with Crippen molar-refractivity contribution >= 4 is 38.9 Å². The van der Waals surface area contributed by atoms with Crippen LogP contribution in [0.1, 0.15) is 6.42 Å². The van der Waals surface area contributed by atoms with Crippen LogP contribution >= 0.6 is 11.8 Å². The summed E-state index contributed by atoms with van der Waals surface area (Å²) in [7, 11) is -3.12. The molecule has 2 heterocycles. The first-order valence-electron chi connectivity index (χ1n) is 8.13. The van der Waals surface area contributed by atoms with Gasteiger partial charge in [-0.2, -0.15) is 4.31 Å². The van der Waals surface area contributed by atoms with Crippen molar-refractivity contribution in [2.75, 3.05) is 42.7 Å². The predicted molar refractivity (Wildman–Crippen MR) is 100 cm³/mol. The molecule has 8 heteroatoms. The third kappa shape index (κ3) is 3.33. The van der Waals surface area contributed by atoms with Gasteiger partial charge in [0.25, 0.3) is 0 Å². The maximum Gasteiger partial charge on any atom is 0.211 e. The molecule has 1 fully saturated rings. The van der Waals surface area contributed by atoms with E-state index in [0.29, 0.717) is 32.6 Å². The zero-order valence-corrected chi connectivity index (χ0v) is 15.5. The summed E-state index contributed by atoms with van der Waals surface area (Å²) >= 11 is 1.64. The molecule has 1 aromatic rings. The highest BCUT2D eigenvalue weighted by atomic mass is 32.2. The number of ketones is 1. The minimum Gasteiger partial charge on any atom is -0.369 e. The van der Waals surface area contributed by atoms with Gasteiger partial charge in [-0.3, -0.25) is 4.79 Å². The van der Waals surface area contributed by atoms with Crippen molar-refractivity contribution in [1.29, 1.82) is 0 Å². The molecule has 1 aliphatic carbocycles. The van der Waals surface area contributed by atoms with Crippen LogP contribution in [0, 0.1) is 0 Å². The van der Waals surface area contributed by atoms with E-state index in [1.807, 2.05) is 6.08 Å². The van der Waals surface area contributed by atoms with Gasteiger partial charge in [0.15, 0.2) is 5.78 Å². The molecule has 0 aromatic heterocycles. The number of anilines is 2. The Morgan fingerprint density at radius 2 is 1.88 bits per heavy atom. The molecular formula is C17H19N3O3S2. The lowest BCUT2D eigenvalue weighted by Gasteiger charge is -2.35. The van der Waals surface area contributed by atoms with E-state index in [0.717, 1.165) is 26.9 Å². The van der Waals surface area contributed by atoms with Gasteiger partial charge in [-0.15, -0.1) is 0 Å². The summed E-state index contributed by atoms with van der Waals surface area (Å²) in [6.07, 6.45) is 5.16. The lowest BCUT2D eigenvalue weighted by atomic mass is 10.1. The Morgan fingerprint density at radius 3 is 2.60 bits per heavy atom. The number of hydrogen-bond acceptors (Lipinski definition) is 6. The molecule has 0 unspecified atom stereocenters. The molecule has 25 heavy (non-hydrogen) atoms. The SMILES string of the molecule is CS(=O)(=O)N1CCN(c2ccc3c(c2)SC2=C(C=CC(=O)C2)N3)CC1. The van der Waals surface area contributed by atoms with Gasteiger partial charge < -0.3 is 10.2 Å². The van der Waals surface area contributed by atoms with Crippen LogP contribution in [0.5, 0.6) is 0 Å². The van der Waals surface area contributed by atoms with E-state index in [9.17, 15) is 13.2 Å². The number of nitrogens with zero attached hydrogens (tertiary/aromatic N) is 2. The van der Waals surface area contributed by atoms with Crippen molar-refractivity contribution in [3.8, 4) is 0 Å². The van der Waals surface area contributed by atoms with Crippen LogP contribution in [0.3, 0.4) is 0 Å². The summed E-state index contributed by atoms with van der Waals surface area (Å²) in [6.45, 7) is 2.38. The number of piperazine rings is 1. The topological polar surface area (TPSA) is 69.7 Å². The van der Waals surface area contributed by atoms with E-state index < -0.39 is 10.0 Å². The molecule has 0 atom stereocenters. The number of nitrogens with one attached hydrogen (secondary N) is 1. The van der Waals surface area contributed by atoms with Gasteiger partial charge in [0.1, 0.15) is 0 Å². The Morgan fingerprint density at radius 1 is 1.12 bits per heavy atom. The van der Waals surface area contributed by atoms with Crippen LogP contribution in [0.2, 0.25) is 0 Å². The molecule has 0 bridgehead atoms. The second-order valence-electron chi connectivity index (χ2n) is 6.37. The average molecular weight is 377 g/mol. The average Bonchev–Trinajstić information content (AvgIpc) is 2.59. The molecule has 0 amide bonds. The molecule has 1 aromatic carbocycles. The first kappa shape index (κ1) is 16.7. The molecule has 4 rings (SSSR count). The Hall–Kier alpha value is -1.77. The van der Waals surface area contributed by atoms with Gasteiger partial charge in [-0.25, -0.2) is 8.42 Å². The summed E-state index contributed by atoms with van der Waals surface area (Å²) in [4.78, 5) is 16.0. The highest BCUT2D eigenvalue weighted by Gasteiger charge is 2.25. The van der Waals surface area contributed by atoms with Gasteiger partial charge in [0.05, 0.1) is 11.9 Å². The third-order valence-corrected chi connectivity index (χ3v) is 7.08. The number of rotatable bonds is 2. The van der Waals surface area contributed by atoms with Crippen LogP contribution < -0.4 is 10.2 Å². The second-order valence-corrected chi connectivity index (χ2v) is 9.49. The van der Waals surface area contributed by atoms with Crippen molar-refractivity contribution in [3.05, 3.63) is 41.0 Å². The molecule has 1 N–H and O–H groups in total. The predicted octanol–water partition coefficient (Wildman–Crippen LogP) is 2.03. The lowest BCUT2D eigenvalue weighted by Crippen LogP contribution is -2.48. The summed E-state index contributed by atoms with van der Waals surface area (Å²) < 4.78 is 24.8. The van der Waals surface area contributed by atoms with Crippen molar-refractivity contribution in [2.24, 2.45) is 0 Å². The largest absolute Gasteiger partial charge is 0.369 e. The van der Waals surface area contributed by atoms with Crippen molar-refractivity contribution < 1.29 is 13.2 Å².